The summed E-state index contributed by atoms with van der Waals surface area (Å²) in [4.78, 5) is 12.4. The van der Waals surface area contributed by atoms with Crippen molar-refractivity contribution < 1.29 is 0 Å². The van der Waals surface area contributed by atoms with Gasteiger partial charge < -0.3 is 4.57 Å². The van der Waals surface area contributed by atoms with Gasteiger partial charge in [-0.3, -0.25) is 4.79 Å². The summed E-state index contributed by atoms with van der Waals surface area (Å²) in [6, 6.07) is 19.2. The monoisotopic (exact) mass is 421 g/mol. The van der Waals surface area contributed by atoms with Crippen LogP contribution in [0.15, 0.2) is 65.5 Å². The van der Waals surface area contributed by atoms with Crippen LogP contribution < -0.4 is 5.43 Å². The first-order valence-corrected chi connectivity index (χ1v) is 8.24. The molecule has 0 aliphatic carbocycles. The minimum atomic E-state index is 0.0301. The molecule has 0 bridgehead atoms. The molecule has 0 N–H and O–H groups in total. The number of benzene rings is 2. The van der Waals surface area contributed by atoms with E-state index in [0.29, 0.717) is 8.59 Å². The number of pyridine rings is 1. The number of hydrogen-bond donors (Lipinski definition) is 0. The Kier molecular flexibility index (Phi) is 4.36. The summed E-state index contributed by atoms with van der Waals surface area (Å²) >= 11 is 8.08. The zero-order chi connectivity index (χ0) is 15.7. The van der Waals surface area contributed by atoms with Crippen LogP contribution in [0.4, 0.5) is 0 Å². The van der Waals surface area contributed by atoms with Crippen LogP contribution in [-0.4, -0.2) is 4.57 Å². The lowest BCUT2D eigenvalue weighted by atomic mass is 10.1. The molecule has 0 unspecified atom stereocenters. The SMILES string of the molecule is Cn1c(-c2ccccc2)cc(=O)c(I)c1-c1ccc(Cl)cc1. The van der Waals surface area contributed by atoms with Gasteiger partial charge in [-0.05, 0) is 45.9 Å². The summed E-state index contributed by atoms with van der Waals surface area (Å²) in [5, 5.41) is 0.683. The molecular weight excluding hydrogens is 409 g/mol. The minimum absolute atomic E-state index is 0.0301. The van der Waals surface area contributed by atoms with Gasteiger partial charge in [-0.2, -0.15) is 0 Å². The predicted octanol–water partition coefficient (Wildman–Crippen LogP) is 4.98. The van der Waals surface area contributed by atoms with E-state index in [1.54, 1.807) is 6.07 Å². The summed E-state index contributed by atoms with van der Waals surface area (Å²) in [7, 11) is 1.98. The van der Waals surface area contributed by atoms with Crippen molar-refractivity contribution >= 4 is 34.2 Å². The normalized spacial score (nSPS) is 10.7. The van der Waals surface area contributed by atoms with Crippen LogP contribution in [0.5, 0.6) is 0 Å². The van der Waals surface area contributed by atoms with Crippen molar-refractivity contribution in [3.63, 3.8) is 0 Å². The average molecular weight is 422 g/mol. The number of nitrogens with zero attached hydrogens (tertiary/aromatic N) is 1. The van der Waals surface area contributed by atoms with Crippen molar-refractivity contribution in [3.8, 4) is 22.5 Å². The predicted molar refractivity (Wildman–Crippen MR) is 100 cm³/mol. The van der Waals surface area contributed by atoms with E-state index < -0.39 is 0 Å². The van der Waals surface area contributed by atoms with E-state index in [-0.39, 0.29) is 5.43 Å². The largest absolute Gasteiger partial charge is 0.343 e. The van der Waals surface area contributed by atoms with Gasteiger partial charge in [-0.25, -0.2) is 0 Å². The van der Waals surface area contributed by atoms with Crippen LogP contribution in [0, 0.1) is 3.57 Å². The molecule has 0 saturated carbocycles. The van der Waals surface area contributed by atoms with Gasteiger partial charge >= 0.3 is 0 Å². The molecule has 0 spiro atoms. The van der Waals surface area contributed by atoms with Gasteiger partial charge in [0.05, 0.1) is 15.0 Å². The maximum absolute atomic E-state index is 12.4. The van der Waals surface area contributed by atoms with Crippen molar-refractivity contribution in [2.45, 2.75) is 0 Å². The molecule has 0 radical (unpaired) electrons. The van der Waals surface area contributed by atoms with E-state index in [0.717, 1.165) is 22.5 Å². The first-order chi connectivity index (χ1) is 10.6. The Hall–Kier alpha value is -1.59. The molecule has 22 heavy (non-hydrogen) atoms. The Balaban J connectivity index is 2.29. The third-order valence-corrected chi connectivity index (χ3v) is 4.87. The van der Waals surface area contributed by atoms with Gasteiger partial charge in [0.25, 0.3) is 0 Å². The number of halogens is 2. The third-order valence-electron chi connectivity index (χ3n) is 3.58. The molecule has 2 nitrogen and oxygen atoms in total. The highest BCUT2D eigenvalue weighted by molar-refractivity contribution is 14.1. The highest BCUT2D eigenvalue weighted by Crippen LogP contribution is 2.28. The Morgan fingerprint density at radius 3 is 2.23 bits per heavy atom. The Morgan fingerprint density at radius 1 is 0.955 bits per heavy atom. The van der Waals surface area contributed by atoms with E-state index >= 15 is 0 Å². The fraction of sp³-hybridized carbons (Fsp3) is 0.0556. The van der Waals surface area contributed by atoms with Crippen molar-refractivity contribution in [3.05, 3.63) is 79.5 Å². The maximum Gasteiger partial charge on any atom is 0.196 e. The summed E-state index contributed by atoms with van der Waals surface area (Å²) in [6.45, 7) is 0. The molecule has 1 aromatic heterocycles. The standard InChI is InChI=1S/C18H13ClINO/c1-21-15(12-5-3-2-4-6-12)11-16(22)17(20)18(21)13-7-9-14(19)10-8-13/h2-11H,1H3. The van der Waals surface area contributed by atoms with Crippen molar-refractivity contribution in [1.82, 2.24) is 4.57 Å². The number of hydrogen-bond acceptors (Lipinski definition) is 1. The highest BCUT2D eigenvalue weighted by Gasteiger charge is 2.14. The van der Waals surface area contributed by atoms with E-state index in [2.05, 4.69) is 27.2 Å². The molecule has 0 aliphatic heterocycles. The minimum Gasteiger partial charge on any atom is -0.343 e. The molecule has 3 rings (SSSR count). The molecular formula is C18H13ClINO. The van der Waals surface area contributed by atoms with Crippen molar-refractivity contribution in [2.75, 3.05) is 0 Å². The first-order valence-electron chi connectivity index (χ1n) is 6.79. The Bertz CT molecular complexity index is 870. The molecule has 0 fully saturated rings. The quantitative estimate of drug-likeness (QED) is 0.535. The fourth-order valence-corrected chi connectivity index (χ4v) is 3.44. The number of rotatable bonds is 2. The summed E-state index contributed by atoms with van der Waals surface area (Å²) in [6.07, 6.45) is 0. The lowest BCUT2D eigenvalue weighted by Gasteiger charge is -2.16. The second kappa shape index (κ2) is 6.26. The maximum atomic E-state index is 12.4. The lowest BCUT2D eigenvalue weighted by Crippen LogP contribution is -2.14. The molecule has 110 valence electrons. The van der Waals surface area contributed by atoms with Gasteiger partial charge in [0.2, 0.25) is 0 Å². The number of aromatic nitrogens is 1. The van der Waals surface area contributed by atoms with Crippen molar-refractivity contribution in [2.24, 2.45) is 7.05 Å². The van der Waals surface area contributed by atoms with Gasteiger partial charge in [0.1, 0.15) is 0 Å². The van der Waals surface area contributed by atoms with Crippen molar-refractivity contribution in [1.29, 1.82) is 0 Å². The van der Waals surface area contributed by atoms with Gasteiger partial charge in [-0.1, -0.05) is 54.1 Å². The Labute approximate surface area is 147 Å². The third kappa shape index (κ3) is 2.83. The van der Waals surface area contributed by atoms with Gasteiger partial charge in [0.15, 0.2) is 5.43 Å². The van der Waals surface area contributed by atoms with Gasteiger partial charge in [0, 0.05) is 18.1 Å². The molecule has 1 heterocycles. The molecule has 0 saturated heterocycles. The lowest BCUT2D eigenvalue weighted by molar-refractivity contribution is 0.914. The molecule has 3 aromatic rings. The molecule has 2 aromatic carbocycles. The first kappa shape index (κ1) is 15.3. The van der Waals surface area contributed by atoms with Crippen LogP contribution in [-0.2, 0) is 7.05 Å². The van der Waals surface area contributed by atoms with Crippen LogP contribution in [0.2, 0.25) is 5.02 Å². The second-order valence-corrected chi connectivity index (χ2v) is 6.50. The summed E-state index contributed by atoms with van der Waals surface area (Å²) in [5.41, 5.74) is 3.84. The van der Waals surface area contributed by atoms with Gasteiger partial charge in [-0.15, -0.1) is 0 Å². The summed E-state index contributed by atoms with van der Waals surface area (Å²) in [5.74, 6) is 0. The van der Waals surface area contributed by atoms with E-state index in [4.69, 9.17) is 11.6 Å². The fourth-order valence-electron chi connectivity index (χ4n) is 2.48. The van der Waals surface area contributed by atoms with Crippen LogP contribution in [0.25, 0.3) is 22.5 Å². The van der Waals surface area contributed by atoms with Crippen LogP contribution in [0.1, 0.15) is 0 Å². The van der Waals surface area contributed by atoms with E-state index in [1.807, 2.05) is 61.6 Å². The molecule has 0 atom stereocenters. The van der Waals surface area contributed by atoms with Crippen LogP contribution >= 0.6 is 34.2 Å². The summed E-state index contributed by atoms with van der Waals surface area (Å²) < 4.78 is 2.77. The zero-order valence-electron chi connectivity index (χ0n) is 11.9. The average Bonchev–Trinajstić information content (AvgIpc) is 2.54. The zero-order valence-corrected chi connectivity index (χ0v) is 14.8. The Morgan fingerprint density at radius 2 is 1.59 bits per heavy atom. The smallest absolute Gasteiger partial charge is 0.196 e. The topological polar surface area (TPSA) is 22.0 Å². The second-order valence-electron chi connectivity index (χ2n) is 4.99. The van der Waals surface area contributed by atoms with E-state index in [9.17, 15) is 4.79 Å². The molecule has 4 heteroatoms. The van der Waals surface area contributed by atoms with Crippen LogP contribution in [0.3, 0.4) is 0 Å². The van der Waals surface area contributed by atoms with E-state index in [1.165, 1.54) is 0 Å². The molecule has 0 amide bonds. The highest BCUT2D eigenvalue weighted by atomic mass is 127. The molecule has 0 aliphatic rings.